The Morgan fingerprint density at radius 1 is 1.00 bits per heavy atom. The molecule has 0 aliphatic heterocycles. The smallest absolute Gasteiger partial charge is 0.0627 e. The van der Waals surface area contributed by atoms with E-state index in [0.29, 0.717) is 11.4 Å². The van der Waals surface area contributed by atoms with Crippen molar-refractivity contribution in [3.8, 4) is 0 Å². The van der Waals surface area contributed by atoms with E-state index in [4.69, 9.17) is 11.5 Å². The second-order valence-corrected chi connectivity index (χ2v) is 3.43. The molecule has 0 bridgehead atoms. The molecule has 2 aromatic carbocycles. The maximum Gasteiger partial charge on any atom is 0.0627 e. The standard InChI is InChI=1S/C12H14N2/c1-2-8-4-3-5-10-9(8)6-7-11(13)12(10)14/h3-7H,2,13-14H2,1H3. The number of aryl methyl sites for hydroxylation is 1. The molecular weight excluding hydrogens is 172 g/mol. The summed E-state index contributed by atoms with van der Waals surface area (Å²) in [6.45, 7) is 2.14. The van der Waals surface area contributed by atoms with Gasteiger partial charge in [-0.05, 0) is 23.4 Å². The fourth-order valence-electron chi connectivity index (χ4n) is 1.77. The van der Waals surface area contributed by atoms with Gasteiger partial charge in [0.05, 0.1) is 11.4 Å². The number of nitrogens with two attached hydrogens (primary N) is 2. The maximum atomic E-state index is 5.92. The fraction of sp³-hybridized carbons (Fsp3) is 0.167. The van der Waals surface area contributed by atoms with E-state index in [1.54, 1.807) is 0 Å². The van der Waals surface area contributed by atoms with Crippen LogP contribution in [0.2, 0.25) is 0 Å². The Morgan fingerprint density at radius 3 is 2.50 bits per heavy atom. The number of hydrogen-bond acceptors (Lipinski definition) is 2. The number of hydrogen-bond donors (Lipinski definition) is 2. The zero-order valence-corrected chi connectivity index (χ0v) is 8.25. The van der Waals surface area contributed by atoms with Gasteiger partial charge in [-0.2, -0.15) is 0 Å². The van der Waals surface area contributed by atoms with E-state index in [2.05, 4.69) is 13.0 Å². The van der Waals surface area contributed by atoms with E-state index >= 15 is 0 Å². The normalized spacial score (nSPS) is 10.6. The first-order chi connectivity index (χ1) is 6.74. The van der Waals surface area contributed by atoms with Crippen LogP contribution in [0.1, 0.15) is 12.5 Å². The Kier molecular flexibility index (Phi) is 2.04. The molecule has 0 heterocycles. The van der Waals surface area contributed by atoms with Crippen LogP contribution in [-0.2, 0) is 6.42 Å². The Morgan fingerprint density at radius 2 is 1.79 bits per heavy atom. The summed E-state index contributed by atoms with van der Waals surface area (Å²) in [7, 11) is 0. The van der Waals surface area contributed by atoms with Crippen molar-refractivity contribution >= 4 is 22.1 Å². The minimum Gasteiger partial charge on any atom is -0.397 e. The molecule has 0 radical (unpaired) electrons. The summed E-state index contributed by atoms with van der Waals surface area (Å²) in [4.78, 5) is 0. The average molecular weight is 186 g/mol. The molecule has 2 heteroatoms. The van der Waals surface area contributed by atoms with Crippen LogP contribution in [0.25, 0.3) is 10.8 Å². The van der Waals surface area contributed by atoms with E-state index in [0.717, 1.165) is 11.8 Å². The number of benzene rings is 2. The summed E-state index contributed by atoms with van der Waals surface area (Å²) in [6.07, 6.45) is 1.01. The lowest BCUT2D eigenvalue weighted by molar-refractivity contribution is 1.16. The van der Waals surface area contributed by atoms with E-state index in [-0.39, 0.29) is 0 Å². The summed E-state index contributed by atoms with van der Waals surface area (Å²) in [5.74, 6) is 0. The molecule has 0 unspecified atom stereocenters. The van der Waals surface area contributed by atoms with Gasteiger partial charge in [-0.15, -0.1) is 0 Å². The van der Waals surface area contributed by atoms with Crippen molar-refractivity contribution in [3.05, 3.63) is 35.9 Å². The van der Waals surface area contributed by atoms with Crippen molar-refractivity contribution in [2.75, 3.05) is 11.5 Å². The van der Waals surface area contributed by atoms with Gasteiger partial charge in [-0.25, -0.2) is 0 Å². The summed E-state index contributed by atoms with van der Waals surface area (Å²) in [5.41, 5.74) is 14.3. The SMILES string of the molecule is CCc1cccc2c(N)c(N)ccc12. The molecule has 2 nitrogen and oxygen atoms in total. The Balaban J connectivity index is 2.86. The first-order valence-corrected chi connectivity index (χ1v) is 4.79. The van der Waals surface area contributed by atoms with Crippen LogP contribution in [0, 0.1) is 0 Å². The monoisotopic (exact) mass is 186 g/mol. The summed E-state index contributed by atoms with van der Waals surface area (Å²) >= 11 is 0. The highest BCUT2D eigenvalue weighted by molar-refractivity contribution is 5.99. The van der Waals surface area contributed by atoms with Crippen LogP contribution in [0.3, 0.4) is 0 Å². The molecule has 0 aliphatic rings. The lowest BCUT2D eigenvalue weighted by Gasteiger charge is -2.08. The second-order valence-electron chi connectivity index (χ2n) is 3.43. The third-order valence-electron chi connectivity index (χ3n) is 2.61. The summed E-state index contributed by atoms with van der Waals surface area (Å²) in [6, 6.07) is 10.1. The molecule has 2 aromatic rings. The Hall–Kier alpha value is -1.70. The molecule has 0 aromatic heterocycles. The van der Waals surface area contributed by atoms with Crippen LogP contribution in [0.5, 0.6) is 0 Å². The minimum atomic E-state index is 0.658. The third-order valence-corrected chi connectivity index (χ3v) is 2.61. The van der Waals surface area contributed by atoms with Gasteiger partial charge >= 0.3 is 0 Å². The van der Waals surface area contributed by atoms with E-state index in [1.807, 2.05) is 24.3 Å². The lowest BCUT2D eigenvalue weighted by Crippen LogP contribution is -1.96. The molecular formula is C12H14N2. The number of nitrogen functional groups attached to an aromatic ring is 2. The molecule has 0 saturated heterocycles. The quantitative estimate of drug-likeness (QED) is 0.672. The molecule has 0 amide bonds. The van der Waals surface area contributed by atoms with Crippen LogP contribution in [0.4, 0.5) is 11.4 Å². The first kappa shape index (κ1) is 8.88. The van der Waals surface area contributed by atoms with Gasteiger partial charge in [0.25, 0.3) is 0 Å². The minimum absolute atomic E-state index is 0.658. The van der Waals surface area contributed by atoms with Crippen LogP contribution < -0.4 is 11.5 Å². The Labute approximate surface area is 83.5 Å². The van der Waals surface area contributed by atoms with Gasteiger partial charge < -0.3 is 11.5 Å². The van der Waals surface area contributed by atoms with Crippen molar-refractivity contribution in [1.82, 2.24) is 0 Å². The van der Waals surface area contributed by atoms with E-state index < -0.39 is 0 Å². The van der Waals surface area contributed by atoms with E-state index in [1.165, 1.54) is 10.9 Å². The topological polar surface area (TPSA) is 52.0 Å². The maximum absolute atomic E-state index is 5.92. The van der Waals surface area contributed by atoms with Crippen molar-refractivity contribution in [2.45, 2.75) is 13.3 Å². The van der Waals surface area contributed by atoms with Crippen molar-refractivity contribution < 1.29 is 0 Å². The second kappa shape index (κ2) is 3.22. The van der Waals surface area contributed by atoms with Crippen LogP contribution in [-0.4, -0.2) is 0 Å². The molecule has 4 N–H and O–H groups in total. The summed E-state index contributed by atoms with van der Waals surface area (Å²) < 4.78 is 0. The molecule has 0 saturated carbocycles. The van der Waals surface area contributed by atoms with Crippen LogP contribution in [0.15, 0.2) is 30.3 Å². The number of anilines is 2. The highest BCUT2D eigenvalue weighted by Gasteiger charge is 2.03. The third kappa shape index (κ3) is 1.20. The number of fused-ring (bicyclic) bond motifs is 1. The zero-order valence-electron chi connectivity index (χ0n) is 8.25. The largest absolute Gasteiger partial charge is 0.397 e. The van der Waals surface area contributed by atoms with Gasteiger partial charge in [0.15, 0.2) is 0 Å². The average Bonchev–Trinajstić information content (AvgIpc) is 2.23. The molecule has 0 aliphatic carbocycles. The lowest BCUT2D eigenvalue weighted by atomic mass is 10.0. The molecule has 0 spiro atoms. The molecule has 14 heavy (non-hydrogen) atoms. The van der Waals surface area contributed by atoms with Gasteiger partial charge in [0.1, 0.15) is 0 Å². The molecule has 2 rings (SSSR count). The van der Waals surface area contributed by atoms with Gasteiger partial charge in [-0.1, -0.05) is 31.2 Å². The van der Waals surface area contributed by atoms with Crippen molar-refractivity contribution in [2.24, 2.45) is 0 Å². The predicted octanol–water partition coefficient (Wildman–Crippen LogP) is 2.57. The van der Waals surface area contributed by atoms with Gasteiger partial charge in [0.2, 0.25) is 0 Å². The zero-order chi connectivity index (χ0) is 10.1. The van der Waals surface area contributed by atoms with Crippen LogP contribution >= 0.6 is 0 Å². The highest BCUT2D eigenvalue weighted by atomic mass is 14.7. The molecule has 72 valence electrons. The molecule has 0 fully saturated rings. The fourth-order valence-corrected chi connectivity index (χ4v) is 1.77. The Bertz CT molecular complexity index is 475. The van der Waals surface area contributed by atoms with E-state index in [9.17, 15) is 0 Å². The summed E-state index contributed by atoms with van der Waals surface area (Å²) in [5, 5.41) is 2.27. The van der Waals surface area contributed by atoms with Gasteiger partial charge in [0, 0.05) is 5.39 Å². The van der Waals surface area contributed by atoms with Crippen molar-refractivity contribution in [3.63, 3.8) is 0 Å². The number of rotatable bonds is 1. The first-order valence-electron chi connectivity index (χ1n) is 4.79. The molecule has 0 atom stereocenters. The van der Waals surface area contributed by atoms with Crippen molar-refractivity contribution in [1.29, 1.82) is 0 Å². The highest BCUT2D eigenvalue weighted by Crippen LogP contribution is 2.28. The predicted molar refractivity (Wildman–Crippen MR) is 62.2 cm³/mol. The van der Waals surface area contributed by atoms with Gasteiger partial charge in [-0.3, -0.25) is 0 Å².